The van der Waals surface area contributed by atoms with Gasteiger partial charge in [-0.3, -0.25) is 0 Å². The van der Waals surface area contributed by atoms with Gasteiger partial charge in [-0.15, -0.1) is 11.8 Å². The molecule has 0 aromatic heterocycles. The van der Waals surface area contributed by atoms with Gasteiger partial charge in [0.05, 0.1) is 0 Å². The molecular formula is C20H44. The van der Waals surface area contributed by atoms with Crippen LogP contribution in [0.5, 0.6) is 0 Å². The first-order valence-electron chi connectivity index (χ1n) is 9.04. The first kappa shape index (κ1) is 27.8. The molecule has 0 fully saturated rings. The molecule has 0 aromatic carbocycles. The van der Waals surface area contributed by atoms with Gasteiger partial charge in [0.15, 0.2) is 0 Å². The van der Waals surface area contributed by atoms with E-state index in [0.29, 0.717) is 0 Å². The van der Waals surface area contributed by atoms with E-state index in [-0.39, 0.29) is 0 Å². The van der Waals surface area contributed by atoms with Crippen LogP contribution in [0.25, 0.3) is 0 Å². The lowest BCUT2D eigenvalue weighted by atomic mass is 9.82. The van der Waals surface area contributed by atoms with Crippen molar-refractivity contribution in [1.29, 1.82) is 0 Å². The van der Waals surface area contributed by atoms with Crippen molar-refractivity contribution in [1.82, 2.24) is 0 Å². The van der Waals surface area contributed by atoms with E-state index >= 15 is 0 Å². The van der Waals surface area contributed by atoms with Gasteiger partial charge < -0.3 is 0 Å². The molecule has 0 heterocycles. The Kier molecular flexibility index (Phi) is 43.3. The SMILES string of the molecule is CC.CC.CC#CC.CCCC(CCC)C(CC)CC. The zero-order chi connectivity index (χ0) is 16.8. The third kappa shape index (κ3) is 22.7. The predicted octanol–water partition coefficient (Wildman–Crippen LogP) is 7.72. The first-order chi connectivity index (χ1) is 9.71. The highest BCUT2D eigenvalue weighted by Gasteiger charge is 2.15. The molecule has 0 atom stereocenters. The summed E-state index contributed by atoms with van der Waals surface area (Å²) < 4.78 is 0. The summed E-state index contributed by atoms with van der Waals surface area (Å²) in [4.78, 5) is 0. The largest absolute Gasteiger partial charge is 0.107 e. The Hall–Kier alpha value is -0.440. The number of hydrogen-bond acceptors (Lipinski definition) is 0. The predicted molar refractivity (Wildman–Crippen MR) is 99.2 cm³/mol. The fourth-order valence-electron chi connectivity index (χ4n) is 2.31. The standard InChI is InChI=1S/C12H26.C4H6.2C2H6/c1-5-9-12(10-6-2)11(7-3)8-4;1-3-4-2;2*1-2/h11-12H,5-10H2,1-4H3;1-2H3;2*1-2H3. The van der Waals surface area contributed by atoms with Gasteiger partial charge in [-0.05, 0) is 25.7 Å². The summed E-state index contributed by atoms with van der Waals surface area (Å²) in [6.45, 7) is 20.9. The zero-order valence-electron chi connectivity index (χ0n) is 16.4. The van der Waals surface area contributed by atoms with Crippen LogP contribution in [0.1, 0.15) is 108 Å². The van der Waals surface area contributed by atoms with Crippen LogP contribution in [0.2, 0.25) is 0 Å². The Morgan fingerprint density at radius 2 is 0.900 bits per heavy atom. The summed E-state index contributed by atoms with van der Waals surface area (Å²) in [6, 6.07) is 0. The van der Waals surface area contributed by atoms with E-state index in [9.17, 15) is 0 Å². The van der Waals surface area contributed by atoms with Crippen molar-refractivity contribution in [2.45, 2.75) is 108 Å². The van der Waals surface area contributed by atoms with E-state index in [1.54, 1.807) is 0 Å². The molecule has 0 radical (unpaired) electrons. The summed E-state index contributed by atoms with van der Waals surface area (Å²) in [5.74, 6) is 7.36. The minimum atomic E-state index is 0.991. The first-order valence-corrected chi connectivity index (χ1v) is 9.04. The van der Waals surface area contributed by atoms with Crippen LogP contribution in [-0.4, -0.2) is 0 Å². The topological polar surface area (TPSA) is 0 Å². The molecule has 20 heavy (non-hydrogen) atoms. The molecule has 0 N–H and O–H groups in total. The maximum Gasteiger partial charge on any atom is -0.00271 e. The van der Waals surface area contributed by atoms with E-state index in [1.165, 1.54) is 38.5 Å². The van der Waals surface area contributed by atoms with Crippen molar-refractivity contribution in [2.24, 2.45) is 11.8 Å². The minimum absolute atomic E-state index is 0.991. The Balaban J connectivity index is -0.000000134. The highest BCUT2D eigenvalue weighted by Crippen LogP contribution is 2.27. The molecule has 0 saturated heterocycles. The number of hydrogen-bond donors (Lipinski definition) is 0. The molecule has 0 amide bonds. The van der Waals surface area contributed by atoms with Crippen LogP contribution in [0.3, 0.4) is 0 Å². The minimum Gasteiger partial charge on any atom is -0.107 e. The second kappa shape index (κ2) is 31.1. The van der Waals surface area contributed by atoms with Gasteiger partial charge >= 0.3 is 0 Å². The van der Waals surface area contributed by atoms with Gasteiger partial charge in [0.1, 0.15) is 0 Å². The van der Waals surface area contributed by atoms with Crippen LogP contribution in [0.15, 0.2) is 0 Å². The molecule has 0 bridgehead atoms. The van der Waals surface area contributed by atoms with Gasteiger partial charge in [-0.2, -0.15) is 0 Å². The van der Waals surface area contributed by atoms with Crippen LogP contribution >= 0.6 is 0 Å². The molecule has 0 aliphatic carbocycles. The van der Waals surface area contributed by atoms with Crippen LogP contribution < -0.4 is 0 Å². The summed E-state index contributed by atoms with van der Waals surface area (Å²) >= 11 is 0. The van der Waals surface area contributed by atoms with E-state index in [0.717, 1.165) is 11.8 Å². The van der Waals surface area contributed by atoms with Crippen molar-refractivity contribution < 1.29 is 0 Å². The van der Waals surface area contributed by atoms with Crippen molar-refractivity contribution >= 4 is 0 Å². The molecule has 0 aromatic rings. The molecular weight excluding hydrogens is 240 g/mol. The normalized spacial score (nSPS) is 8.20. The molecule has 0 heteroatoms. The van der Waals surface area contributed by atoms with E-state index in [1.807, 2.05) is 41.5 Å². The summed E-state index contributed by atoms with van der Waals surface area (Å²) in [5, 5.41) is 0. The Morgan fingerprint density at radius 3 is 1.05 bits per heavy atom. The molecule has 0 saturated carbocycles. The molecule has 0 spiro atoms. The van der Waals surface area contributed by atoms with Crippen molar-refractivity contribution in [3.63, 3.8) is 0 Å². The second-order valence-electron chi connectivity index (χ2n) is 4.41. The monoisotopic (exact) mass is 284 g/mol. The molecule has 0 aliphatic heterocycles. The molecule has 124 valence electrons. The van der Waals surface area contributed by atoms with Gasteiger partial charge in [-0.1, -0.05) is 93.9 Å². The lowest BCUT2D eigenvalue weighted by Crippen LogP contribution is -2.13. The number of rotatable bonds is 7. The quantitative estimate of drug-likeness (QED) is 0.420. The van der Waals surface area contributed by atoms with Crippen molar-refractivity contribution in [2.75, 3.05) is 0 Å². The summed E-state index contributed by atoms with van der Waals surface area (Å²) in [6.07, 6.45) is 8.37. The summed E-state index contributed by atoms with van der Waals surface area (Å²) in [5.41, 5.74) is 0. The Labute approximate surface area is 132 Å². The zero-order valence-corrected chi connectivity index (χ0v) is 16.4. The average molecular weight is 285 g/mol. The molecule has 0 unspecified atom stereocenters. The fraction of sp³-hybridized carbons (Fsp3) is 0.900. The summed E-state index contributed by atoms with van der Waals surface area (Å²) in [7, 11) is 0. The van der Waals surface area contributed by atoms with Gasteiger partial charge in [0.25, 0.3) is 0 Å². The lowest BCUT2D eigenvalue weighted by molar-refractivity contribution is 0.274. The Morgan fingerprint density at radius 1 is 0.600 bits per heavy atom. The maximum absolute atomic E-state index is 2.68. The fourth-order valence-corrected chi connectivity index (χ4v) is 2.31. The Bertz CT molecular complexity index is 154. The average Bonchev–Trinajstić information content (AvgIpc) is 2.53. The highest BCUT2D eigenvalue weighted by molar-refractivity contribution is 4.89. The van der Waals surface area contributed by atoms with Crippen LogP contribution in [0.4, 0.5) is 0 Å². The molecule has 0 rings (SSSR count). The van der Waals surface area contributed by atoms with E-state index in [4.69, 9.17) is 0 Å². The van der Waals surface area contributed by atoms with Crippen LogP contribution in [-0.2, 0) is 0 Å². The van der Waals surface area contributed by atoms with E-state index in [2.05, 4.69) is 39.5 Å². The van der Waals surface area contributed by atoms with Gasteiger partial charge in [0, 0.05) is 0 Å². The van der Waals surface area contributed by atoms with Crippen molar-refractivity contribution in [3.05, 3.63) is 0 Å². The van der Waals surface area contributed by atoms with Crippen LogP contribution in [0, 0.1) is 23.7 Å². The molecule has 0 aliphatic rings. The third-order valence-corrected chi connectivity index (χ3v) is 3.28. The van der Waals surface area contributed by atoms with Crippen molar-refractivity contribution in [3.8, 4) is 11.8 Å². The van der Waals surface area contributed by atoms with Gasteiger partial charge in [0.2, 0.25) is 0 Å². The van der Waals surface area contributed by atoms with Gasteiger partial charge in [-0.25, -0.2) is 0 Å². The lowest BCUT2D eigenvalue weighted by Gasteiger charge is -2.24. The highest BCUT2D eigenvalue weighted by atomic mass is 14.2. The molecule has 0 nitrogen and oxygen atoms in total. The smallest absolute Gasteiger partial charge is 0.00271 e. The third-order valence-electron chi connectivity index (χ3n) is 3.28. The second-order valence-corrected chi connectivity index (χ2v) is 4.41. The maximum atomic E-state index is 2.68. The van der Waals surface area contributed by atoms with E-state index < -0.39 is 0 Å².